The van der Waals surface area contributed by atoms with Crippen molar-refractivity contribution in [3.63, 3.8) is 0 Å². The molecular weight excluding hydrogens is 329 g/mol. The Labute approximate surface area is 137 Å². The van der Waals surface area contributed by atoms with Crippen LogP contribution >= 0.6 is 0 Å². The van der Waals surface area contributed by atoms with Crippen LogP contribution in [0.4, 0.5) is 13.2 Å². The van der Waals surface area contributed by atoms with Gasteiger partial charge < -0.3 is 14.8 Å². The number of benzene rings is 1. The highest BCUT2D eigenvalue weighted by molar-refractivity contribution is 5.86. The first-order valence-corrected chi connectivity index (χ1v) is 7.16. The molecule has 0 aliphatic carbocycles. The second kappa shape index (κ2) is 8.00. The Balaban J connectivity index is 3.10. The lowest BCUT2D eigenvalue weighted by Crippen LogP contribution is -3.06. The monoisotopic (exact) mass is 349 g/mol. The molecule has 0 heterocycles. The van der Waals surface area contributed by atoms with Gasteiger partial charge in [0.05, 0.1) is 13.7 Å². The zero-order valence-corrected chi connectivity index (χ0v) is 13.6. The molecule has 6 nitrogen and oxygen atoms in total. The lowest BCUT2D eigenvalue weighted by atomic mass is 10.1. The fourth-order valence-corrected chi connectivity index (χ4v) is 2.04. The first-order valence-electron chi connectivity index (χ1n) is 7.16. The van der Waals surface area contributed by atoms with Crippen molar-refractivity contribution in [1.82, 2.24) is 5.32 Å². The number of hydrogen-bond acceptors (Lipinski definition) is 4. The lowest BCUT2D eigenvalue weighted by Gasteiger charge is -2.31. The minimum absolute atomic E-state index is 0.206. The molecule has 1 atom stereocenters. The largest absolute Gasteiger partial charge is 0.497 e. The van der Waals surface area contributed by atoms with E-state index in [2.05, 4.69) is 4.74 Å². The van der Waals surface area contributed by atoms with Gasteiger partial charge >= 0.3 is 17.8 Å². The zero-order chi connectivity index (χ0) is 18.4. The topological polar surface area (TPSA) is 81.2 Å². The molecule has 0 unspecified atom stereocenters. The number of esters is 1. The highest BCUT2D eigenvalue weighted by atomic mass is 19.4. The molecule has 0 aromatic heterocycles. The molecule has 3 N–H and O–H groups in total. The van der Waals surface area contributed by atoms with Gasteiger partial charge in [-0.1, -0.05) is 0 Å². The Morgan fingerprint density at radius 2 is 1.79 bits per heavy atom. The molecule has 0 aliphatic rings. The minimum Gasteiger partial charge on any atom is -0.497 e. The van der Waals surface area contributed by atoms with E-state index in [1.54, 1.807) is 29.6 Å². The summed E-state index contributed by atoms with van der Waals surface area (Å²) in [5, 5.41) is 2.39. The molecule has 0 bridgehead atoms. The van der Waals surface area contributed by atoms with Crippen molar-refractivity contribution in [3.8, 4) is 5.75 Å². The maximum atomic E-state index is 13.6. The lowest BCUT2D eigenvalue weighted by molar-refractivity contribution is -0.757. The van der Waals surface area contributed by atoms with Gasteiger partial charge in [0.15, 0.2) is 0 Å². The number of nitrogens with one attached hydrogen (secondary N) is 1. The van der Waals surface area contributed by atoms with E-state index in [1.807, 2.05) is 0 Å². The Kier molecular flexibility index (Phi) is 6.59. The highest BCUT2D eigenvalue weighted by Gasteiger charge is 2.67. The molecule has 0 radical (unpaired) electrons. The highest BCUT2D eigenvalue weighted by Crippen LogP contribution is 2.27. The number of carbonyl (C=O) groups is 2. The van der Waals surface area contributed by atoms with E-state index in [0.29, 0.717) is 16.6 Å². The maximum absolute atomic E-state index is 13.6. The molecular formula is C15H20F3N2O4+. The van der Waals surface area contributed by atoms with Crippen LogP contribution in [-0.2, 0) is 20.9 Å². The summed E-state index contributed by atoms with van der Waals surface area (Å²) in [5.41, 5.74) is -2.69. The van der Waals surface area contributed by atoms with Gasteiger partial charge in [0, 0.05) is 12.5 Å². The van der Waals surface area contributed by atoms with Crippen molar-refractivity contribution in [2.75, 3.05) is 13.7 Å². The van der Waals surface area contributed by atoms with Gasteiger partial charge in [0.1, 0.15) is 12.3 Å². The first kappa shape index (κ1) is 19.8. The second-order valence-electron chi connectivity index (χ2n) is 4.96. The summed E-state index contributed by atoms with van der Waals surface area (Å²) in [7, 11) is 1.47. The number of methoxy groups -OCH3 is 1. The molecule has 24 heavy (non-hydrogen) atoms. The van der Waals surface area contributed by atoms with Gasteiger partial charge in [-0.2, -0.15) is 13.2 Å². The van der Waals surface area contributed by atoms with E-state index in [4.69, 9.17) is 4.74 Å². The number of nitrogens with two attached hydrogens (primary N) is 1. The molecule has 0 aliphatic heterocycles. The van der Waals surface area contributed by atoms with E-state index in [-0.39, 0.29) is 13.2 Å². The number of amides is 1. The number of halogens is 3. The van der Waals surface area contributed by atoms with Crippen LogP contribution in [0.2, 0.25) is 0 Å². The summed E-state index contributed by atoms with van der Waals surface area (Å²) in [5.74, 6) is -2.01. The molecule has 9 heteroatoms. The van der Waals surface area contributed by atoms with E-state index in [0.717, 1.165) is 6.92 Å². The number of alkyl halides is 3. The Morgan fingerprint density at radius 3 is 2.21 bits per heavy atom. The van der Waals surface area contributed by atoms with Crippen molar-refractivity contribution in [2.24, 2.45) is 0 Å². The maximum Gasteiger partial charge on any atom is 0.478 e. The van der Waals surface area contributed by atoms with Crippen LogP contribution in [0.5, 0.6) is 5.75 Å². The van der Waals surface area contributed by atoms with Crippen molar-refractivity contribution in [3.05, 3.63) is 29.8 Å². The summed E-state index contributed by atoms with van der Waals surface area (Å²) >= 11 is 0. The number of ether oxygens (including phenoxy) is 2. The Morgan fingerprint density at radius 1 is 1.21 bits per heavy atom. The summed E-state index contributed by atoms with van der Waals surface area (Å²) in [6.45, 7) is 1.84. The van der Waals surface area contributed by atoms with E-state index >= 15 is 0 Å². The minimum atomic E-state index is -5.04. The van der Waals surface area contributed by atoms with Crippen LogP contribution in [0.1, 0.15) is 19.4 Å². The van der Waals surface area contributed by atoms with E-state index in [9.17, 15) is 22.8 Å². The standard InChI is InChI=1S/C15H19F3N2O4/c1-4-24-13(22)14(15(16,17)18,20-10(2)21)19-9-11-5-7-12(23-3)8-6-11/h5-8,19H,4,9H2,1-3H3,(H,20,21)/p+1/t14-/m0/s1. The van der Waals surface area contributed by atoms with Gasteiger partial charge in [-0.25, -0.2) is 4.79 Å². The number of rotatable bonds is 7. The fourth-order valence-electron chi connectivity index (χ4n) is 2.04. The summed E-state index contributed by atoms with van der Waals surface area (Å²) in [6, 6.07) is 6.30. The molecule has 1 amide bonds. The van der Waals surface area contributed by atoms with Crippen LogP contribution in [-0.4, -0.2) is 37.4 Å². The molecule has 134 valence electrons. The quantitative estimate of drug-likeness (QED) is 0.561. The van der Waals surface area contributed by atoms with Gasteiger partial charge in [-0.3, -0.25) is 10.1 Å². The SMILES string of the molecule is CCOC(=O)[C@@](NC(C)=O)([NH2+]Cc1ccc(OC)cc1)C(F)(F)F. The van der Waals surface area contributed by atoms with Crippen molar-refractivity contribution >= 4 is 11.9 Å². The third-order valence-corrected chi connectivity index (χ3v) is 3.22. The fraction of sp³-hybridized carbons (Fsp3) is 0.467. The Hall–Kier alpha value is -2.29. The number of quaternary nitrogens is 1. The normalized spacial score (nSPS) is 13.8. The van der Waals surface area contributed by atoms with Gasteiger partial charge in [0.2, 0.25) is 5.91 Å². The smallest absolute Gasteiger partial charge is 0.478 e. The molecule has 1 aromatic carbocycles. The molecule has 0 saturated carbocycles. The second-order valence-corrected chi connectivity index (χ2v) is 4.96. The summed E-state index contributed by atoms with van der Waals surface area (Å²) < 4.78 is 50.2. The first-order chi connectivity index (χ1) is 11.2. The van der Waals surface area contributed by atoms with Crippen molar-refractivity contribution < 1.29 is 37.6 Å². The van der Waals surface area contributed by atoms with Crippen LogP contribution in [0.25, 0.3) is 0 Å². The van der Waals surface area contributed by atoms with Gasteiger partial charge in [0.25, 0.3) is 0 Å². The zero-order valence-electron chi connectivity index (χ0n) is 13.6. The van der Waals surface area contributed by atoms with Gasteiger partial charge in [-0.05, 0) is 31.2 Å². The molecule has 0 spiro atoms. The van der Waals surface area contributed by atoms with E-state index < -0.39 is 23.7 Å². The van der Waals surface area contributed by atoms with E-state index in [1.165, 1.54) is 14.0 Å². The Bertz CT molecular complexity index is 575. The van der Waals surface area contributed by atoms with Gasteiger partial charge in [-0.15, -0.1) is 0 Å². The third kappa shape index (κ3) is 4.60. The van der Waals surface area contributed by atoms with Crippen LogP contribution in [0, 0.1) is 0 Å². The number of carbonyl (C=O) groups excluding carboxylic acids is 2. The molecule has 0 saturated heterocycles. The third-order valence-electron chi connectivity index (χ3n) is 3.22. The van der Waals surface area contributed by atoms with Crippen LogP contribution in [0.3, 0.4) is 0 Å². The predicted molar refractivity (Wildman–Crippen MR) is 77.9 cm³/mol. The summed E-state index contributed by atoms with van der Waals surface area (Å²) in [4.78, 5) is 23.2. The average molecular weight is 349 g/mol. The molecule has 1 aromatic rings. The number of hydrogen-bond donors (Lipinski definition) is 2. The predicted octanol–water partition coefficient (Wildman–Crippen LogP) is 0.716. The summed E-state index contributed by atoms with van der Waals surface area (Å²) in [6.07, 6.45) is -5.04. The van der Waals surface area contributed by atoms with Crippen molar-refractivity contribution in [1.29, 1.82) is 0 Å². The van der Waals surface area contributed by atoms with Crippen molar-refractivity contribution in [2.45, 2.75) is 32.2 Å². The van der Waals surface area contributed by atoms with Crippen LogP contribution in [0.15, 0.2) is 24.3 Å². The molecule has 1 rings (SSSR count). The van der Waals surface area contributed by atoms with Crippen LogP contribution < -0.4 is 15.4 Å². The molecule has 0 fully saturated rings. The average Bonchev–Trinajstić information content (AvgIpc) is 2.50.